The van der Waals surface area contributed by atoms with Gasteiger partial charge in [0.25, 0.3) is 5.69 Å². The maximum absolute atomic E-state index is 10.8. The molecule has 0 aliphatic heterocycles. The van der Waals surface area contributed by atoms with Gasteiger partial charge in [-0.2, -0.15) is 0 Å². The minimum atomic E-state index is -0.566. The molecule has 0 spiro atoms. The van der Waals surface area contributed by atoms with Crippen LogP contribution >= 0.6 is 0 Å². The summed E-state index contributed by atoms with van der Waals surface area (Å²) in [5.74, 6) is -0.244. The zero-order valence-corrected chi connectivity index (χ0v) is 7.56. The van der Waals surface area contributed by atoms with E-state index in [-0.39, 0.29) is 29.2 Å². The Morgan fingerprint density at radius 2 is 2.21 bits per heavy atom. The Labute approximate surface area is 80.1 Å². The molecule has 1 aromatic rings. The van der Waals surface area contributed by atoms with Gasteiger partial charge in [-0.3, -0.25) is 14.9 Å². The van der Waals surface area contributed by atoms with Gasteiger partial charge >= 0.3 is 0 Å². The number of nitro benzene ring substituents is 1. The van der Waals surface area contributed by atoms with Gasteiger partial charge in [-0.15, -0.1) is 0 Å². The minimum absolute atomic E-state index is 0.00745. The molecule has 0 fully saturated rings. The number of carbonyl (C=O) groups is 1. The Balaban J connectivity index is 3.08. The van der Waals surface area contributed by atoms with Crippen LogP contribution in [0.2, 0.25) is 0 Å². The van der Waals surface area contributed by atoms with Crippen LogP contribution < -0.4 is 0 Å². The number of Topliss-reactive ketones (excluding diaryl/α,β-unsaturated/α-hetero) is 1. The molecule has 74 valence electrons. The highest BCUT2D eigenvalue weighted by atomic mass is 16.6. The summed E-state index contributed by atoms with van der Waals surface area (Å²) >= 11 is 0. The summed E-state index contributed by atoms with van der Waals surface area (Å²) in [4.78, 5) is 20.6. The molecular formula is C9H9NO4. The number of phenolic OH excluding ortho intramolecular Hbond substituents is 1. The monoisotopic (exact) mass is 195 g/mol. The molecule has 0 bridgehead atoms. The van der Waals surface area contributed by atoms with Gasteiger partial charge in [-0.25, -0.2) is 0 Å². The van der Waals surface area contributed by atoms with Crippen LogP contribution in [-0.2, 0) is 11.2 Å². The number of carbonyl (C=O) groups excluding carboxylic acids is 1. The fourth-order valence-electron chi connectivity index (χ4n) is 1.10. The molecule has 0 atom stereocenters. The minimum Gasteiger partial charge on any atom is -0.508 e. The zero-order chi connectivity index (χ0) is 10.7. The van der Waals surface area contributed by atoms with Crippen molar-refractivity contribution < 1.29 is 14.8 Å². The average Bonchev–Trinajstić information content (AvgIpc) is 2.07. The number of nitro groups is 1. The largest absolute Gasteiger partial charge is 0.508 e. The van der Waals surface area contributed by atoms with Gasteiger partial charge in [-0.05, 0) is 13.0 Å². The van der Waals surface area contributed by atoms with Crippen molar-refractivity contribution in [3.63, 3.8) is 0 Å². The highest BCUT2D eigenvalue weighted by Gasteiger charge is 2.11. The number of nitrogens with zero attached hydrogens (tertiary/aromatic N) is 1. The van der Waals surface area contributed by atoms with E-state index in [0.29, 0.717) is 0 Å². The van der Waals surface area contributed by atoms with E-state index >= 15 is 0 Å². The first-order valence-corrected chi connectivity index (χ1v) is 3.96. The maximum atomic E-state index is 10.8. The SMILES string of the molecule is CC(=O)Cc1cc([N+](=O)[O-])ccc1O. The first kappa shape index (κ1) is 10.2. The van der Waals surface area contributed by atoms with Crippen molar-refractivity contribution in [3.8, 4) is 5.75 Å². The number of non-ortho nitro benzene ring substituents is 1. The summed E-state index contributed by atoms with van der Waals surface area (Å²) in [5, 5.41) is 19.7. The lowest BCUT2D eigenvalue weighted by Crippen LogP contribution is -1.98. The molecule has 0 aromatic heterocycles. The number of ketones is 1. The number of benzene rings is 1. The Hall–Kier alpha value is -1.91. The van der Waals surface area contributed by atoms with Crippen LogP contribution in [0.3, 0.4) is 0 Å². The summed E-state index contributed by atoms with van der Waals surface area (Å²) in [5.41, 5.74) is 0.158. The van der Waals surface area contributed by atoms with Gasteiger partial charge in [0.15, 0.2) is 0 Å². The molecule has 0 radical (unpaired) electrons. The smallest absolute Gasteiger partial charge is 0.269 e. The van der Waals surface area contributed by atoms with E-state index < -0.39 is 4.92 Å². The maximum Gasteiger partial charge on any atom is 0.269 e. The van der Waals surface area contributed by atoms with Gasteiger partial charge < -0.3 is 5.11 Å². The Kier molecular flexibility index (Phi) is 2.81. The molecule has 0 unspecified atom stereocenters. The van der Waals surface area contributed by atoms with E-state index in [1.165, 1.54) is 25.1 Å². The fraction of sp³-hybridized carbons (Fsp3) is 0.222. The second kappa shape index (κ2) is 3.87. The summed E-state index contributed by atoms with van der Waals surface area (Å²) in [7, 11) is 0. The van der Waals surface area contributed by atoms with E-state index in [9.17, 15) is 20.0 Å². The normalized spacial score (nSPS) is 9.79. The topological polar surface area (TPSA) is 80.4 Å². The number of aromatic hydroxyl groups is 1. The van der Waals surface area contributed by atoms with Crippen molar-refractivity contribution in [3.05, 3.63) is 33.9 Å². The molecular weight excluding hydrogens is 186 g/mol. The number of phenols is 1. The lowest BCUT2D eigenvalue weighted by molar-refractivity contribution is -0.384. The van der Waals surface area contributed by atoms with E-state index in [1.807, 2.05) is 0 Å². The second-order valence-electron chi connectivity index (χ2n) is 2.95. The van der Waals surface area contributed by atoms with Crippen LogP contribution in [0.5, 0.6) is 5.75 Å². The molecule has 14 heavy (non-hydrogen) atoms. The van der Waals surface area contributed by atoms with Crippen LogP contribution in [-0.4, -0.2) is 15.8 Å². The van der Waals surface area contributed by atoms with Crippen LogP contribution in [0.1, 0.15) is 12.5 Å². The van der Waals surface area contributed by atoms with Gasteiger partial charge in [0.05, 0.1) is 4.92 Å². The Morgan fingerprint density at radius 3 is 2.71 bits per heavy atom. The third-order valence-electron chi connectivity index (χ3n) is 1.71. The van der Waals surface area contributed by atoms with Crippen molar-refractivity contribution in [1.29, 1.82) is 0 Å². The molecule has 0 amide bonds. The summed E-state index contributed by atoms with van der Waals surface area (Å²) in [6.07, 6.45) is 0.00745. The van der Waals surface area contributed by atoms with Crippen LogP contribution in [0.25, 0.3) is 0 Å². The molecule has 5 heteroatoms. The number of hydrogen-bond donors (Lipinski definition) is 1. The molecule has 0 saturated heterocycles. The molecule has 0 saturated carbocycles. The lowest BCUT2D eigenvalue weighted by Gasteiger charge is -2.01. The summed E-state index contributed by atoms with van der Waals surface area (Å²) in [6, 6.07) is 3.62. The highest BCUT2D eigenvalue weighted by molar-refractivity contribution is 5.79. The quantitative estimate of drug-likeness (QED) is 0.584. The lowest BCUT2D eigenvalue weighted by atomic mass is 10.1. The third-order valence-corrected chi connectivity index (χ3v) is 1.71. The Morgan fingerprint density at radius 1 is 1.57 bits per heavy atom. The second-order valence-corrected chi connectivity index (χ2v) is 2.95. The predicted molar refractivity (Wildman–Crippen MR) is 49.1 cm³/mol. The Bertz CT molecular complexity index is 386. The van der Waals surface area contributed by atoms with Gasteiger partial charge in [0.2, 0.25) is 0 Å². The average molecular weight is 195 g/mol. The molecule has 0 aliphatic carbocycles. The van der Waals surface area contributed by atoms with Crippen molar-refractivity contribution in [1.82, 2.24) is 0 Å². The van der Waals surface area contributed by atoms with Crippen LogP contribution in [0.4, 0.5) is 5.69 Å². The first-order chi connectivity index (χ1) is 6.50. The van der Waals surface area contributed by atoms with E-state index in [2.05, 4.69) is 0 Å². The van der Waals surface area contributed by atoms with E-state index in [1.54, 1.807) is 0 Å². The van der Waals surface area contributed by atoms with Gasteiger partial charge in [0.1, 0.15) is 11.5 Å². The van der Waals surface area contributed by atoms with Crippen LogP contribution in [0, 0.1) is 10.1 Å². The van der Waals surface area contributed by atoms with E-state index in [0.717, 1.165) is 0 Å². The van der Waals surface area contributed by atoms with Crippen molar-refractivity contribution in [2.45, 2.75) is 13.3 Å². The molecule has 1 rings (SSSR count). The van der Waals surface area contributed by atoms with Gasteiger partial charge in [0, 0.05) is 24.1 Å². The zero-order valence-electron chi connectivity index (χ0n) is 7.56. The third kappa shape index (κ3) is 2.29. The summed E-state index contributed by atoms with van der Waals surface area (Å²) < 4.78 is 0. The van der Waals surface area contributed by atoms with Crippen molar-refractivity contribution >= 4 is 11.5 Å². The van der Waals surface area contributed by atoms with Gasteiger partial charge in [-0.1, -0.05) is 0 Å². The predicted octanol–water partition coefficient (Wildman–Crippen LogP) is 1.43. The van der Waals surface area contributed by atoms with Crippen molar-refractivity contribution in [2.75, 3.05) is 0 Å². The molecule has 5 nitrogen and oxygen atoms in total. The summed E-state index contributed by atoms with van der Waals surface area (Å²) in [6.45, 7) is 1.36. The highest BCUT2D eigenvalue weighted by Crippen LogP contribution is 2.23. The number of hydrogen-bond acceptors (Lipinski definition) is 4. The fourth-order valence-corrected chi connectivity index (χ4v) is 1.10. The molecule has 0 heterocycles. The van der Waals surface area contributed by atoms with E-state index in [4.69, 9.17) is 0 Å². The first-order valence-electron chi connectivity index (χ1n) is 3.96. The molecule has 1 aromatic carbocycles. The molecule has 1 N–H and O–H groups in total. The van der Waals surface area contributed by atoms with Crippen molar-refractivity contribution in [2.24, 2.45) is 0 Å². The number of rotatable bonds is 3. The molecule has 0 aliphatic rings. The standard InChI is InChI=1S/C9H9NO4/c1-6(11)4-7-5-8(10(13)14)2-3-9(7)12/h2-3,5,12H,4H2,1H3. The van der Waals surface area contributed by atoms with Crippen LogP contribution in [0.15, 0.2) is 18.2 Å².